The molecule has 0 saturated heterocycles. The summed E-state index contributed by atoms with van der Waals surface area (Å²) in [4.78, 5) is 22.7. The van der Waals surface area contributed by atoms with Crippen LogP contribution < -0.4 is 15.4 Å². The van der Waals surface area contributed by atoms with E-state index in [1.165, 1.54) is 12.1 Å². The summed E-state index contributed by atoms with van der Waals surface area (Å²) in [6.45, 7) is 2.04. The van der Waals surface area contributed by atoms with E-state index in [1.54, 1.807) is 12.1 Å². The number of ether oxygens (including phenoxy) is 1. The number of carboxylic acids is 1. The summed E-state index contributed by atoms with van der Waals surface area (Å²) < 4.78 is 5.53. The SMILES string of the molecule is CCc1ccccc1OCNC(=O)Nc1cccc(C(=O)O)c1. The lowest BCUT2D eigenvalue weighted by atomic mass is 10.1. The van der Waals surface area contributed by atoms with Gasteiger partial charge < -0.3 is 20.5 Å². The molecule has 0 atom stereocenters. The van der Waals surface area contributed by atoms with Crippen molar-refractivity contribution < 1.29 is 19.4 Å². The molecule has 2 aromatic rings. The van der Waals surface area contributed by atoms with Crippen molar-refractivity contribution in [2.75, 3.05) is 12.0 Å². The highest BCUT2D eigenvalue weighted by Gasteiger charge is 2.06. The Bertz CT molecular complexity index is 700. The van der Waals surface area contributed by atoms with E-state index >= 15 is 0 Å². The number of anilines is 1. The summed E-state index contributed by atoms with van der Waals surface area (Å²) in [5, 5.41) is 14.0. The Hall–Kier alpha value is -3.02. The van der Waals surface area contributed by atoms with Crippen molar-refractivity contribution in [3.05, 3.63) is 59.7 Å². The second kappa shape index (κ2) is 7.84. The molecule has 6 heteroatoms. The molecule has 6 nitrogen and oxygen atoms in total. The summed E-state index contributed by atoms with van der Waals surface area (Å²) in [5.41, 5.74) is 1.57. The Balaban J connectivity index is 1.86. The number of para-hydroxylation sites is 1. The van der Waals surface area contributed by atoms with Crippen LogP contribution in [0.25, 0.3) is 0 Å². The van der Waals surface area contributed by atoms with Gasteiger partial charge >= 0.3 is 12.0 Å². The van der Waals surface area contributed by atoms with Gasteiger partial charge in [0.15, 0.2) is 6.73 Å². The number of benzene rings is 2. The fourth-order valence-electron chi connectivity index (χ4n) is 2.02. The molecule has 0 radical (unpaired) electrons. The van der Waals surface area contributed by atoms with Crippen molar-refractivity contribution in [1.29, 1.82) is 0 Å². The van der Waals surface area contributed by atoms with Crippen LogP contribution in [0.3, 0.4) is 0 Å². The monoisotopic (exact) mass is 314 g/mol. The third-order valence-electron chi connectivity index (χ3n) is 3.18. The standard InChI is InChI=1S/C17H18N2O4/c1-2-12-6-3-4-9-15(12)23-11-18-17(22)19-14-8-5-7-13(10-14)16(20)21/h3-10H,2,11H2,1H3,(H,20,21)(H2,18,19,22). The molecule has 23 heavy (non-hydrogen) atoms. The maximum absolute atomic E-state index is 11.8. The molecule has 0 spiro atoms. The Morgan fingerprint density at radius 3 is 2.65 bits per heavy atom. The number of nitrogens with one attached hydrogen (secondary N) is 2. The van der Waals surface area contributed by atoms with Gasteiger partial charge in [0.25, 0.3) is 0 Å². The van der Waals surface area contributed by atoms with Gasteiger partial charge in [-0.3, -0.25) is 0 Å². The molecule has 0 saturated carbocycles. The molecule has 0 aliphatic heterocycles. The van der Waals surface area contributed by atoms with Gasteiger partial charge in [0.1, 0.15) is 5.75 Å². The molecular formula is C17H18N2O4. The lowest BCUT2D eigenvalue weighted by molar-refractivity contribution is 0.0697. The van der Waals surface area contributed by atoms with E-state index in [0.29, 0.717) is 5.69 Å². The largest absolute Gasteiger partial charge is 0.478 e. The molecule has 0 aliphatic carbocycles. The highest BCUT2D eigenvalue weighted by Crippen LogP contribution is 2.17. The number of carboxylic acid groups (broad SMARTS) is 1. The molecule has 0 bridgehead atoms. The zero-order valence-electron chi connectivity index (χ0n) is 12.7. The van der Waals surface area contributed by atoms with Gasteiger partial charge in [-0.15, -0.1) is 0 Å². The number of rotatable bonds is 6. The zero-order valence-corrected chi connectivity index (χ0v) is 12.7. The number of hydrogen-bond acceptors (Lipinski definition) is 3. The number of urea groups is 1. The van der Waals surface area contributed by atoms with Gasteiger partial charge in [-0.05, 0) is 36.2 Å². The second-order valence-corrected chi connectivity index (χ2v) is 4.77. The second-order valence-electron chi connectivity index (χ2n) is 4.77. The lowest BCUT2D eigenvalue weighted by Gasteiger charge is -2.12. The fraction of sp³-hybridized carbons (Fsp3) is 0.176. The summed E-state index contributed by atoms with van der Waals surface area (Å²) in [7, 11) is 0. The van der Waals surface area contributed by atoms with Crippen LogP contribution in [0.15, 0.2) is 48.5 Å². The topological polar surface area (TPSA) is 87.7 Å². The lowest BCUT2D eigenvalue weighted by Crippen LogP contribution is -2.32. The summed E-state index contributed by atoms with van der Waals surface area (Å²) >= 11 is 0. The van der Waals surface area contributed by atoms with Gasteiger partial charge in [-0.1, -0.05) is 31.2 Å². The predicted molar refractivity (Wildman–Crippen MR) is 86.9 cm³/mol. The highest BCUT2D eigenvalue weighted by atomic mass is 16.5. The van der Waals surface area contributed by atoms with Gasteiger partial charge in [-0.25, -0.2) is 9.59 Å². The average Bonchev–Trinajstić information content (AvgIpc) is 2.55. The van der Waals surface area contributed by atoms with E-state index in [4.69, 9.17) is 9.84 Å². The number of aromatic carboxylic acids is 1. The minimum absolute atomic E-state index is 0.0153. The van der Waals surface area contributed by atoms with Crippen LogP contribution in [0.4, 0.5) is 10.5 Å². The Labute approximate surface area is 134 Å². The molecule has 2 rings (SSSR count). The number of hydrogen-bond donors (Lipinski definition) is 3. The maximum atomic E-state index is 11.8. The summed E-state index contributed by atoms with van der Waals surface area (Å²) in [5.74, 6) is -0.322. The van der Waals surface area contributed by atoms with Crippen molar-refractivity contribution in [1.82, 2.24) is 5.32 Å². The van der Waals surface area contributed by atoms with E-state index in [2.05, 4.69) is 10.6 Å². The first-order chi connectivity index (χ1) is 11.1. The summed E-state index contributed by atoms with van der Waals surface area (Å²) in [6, 6.07) is 13.1. The minimum atomic E-state index is -1.05. The predicted octanol–water partition coefficient (Wildman–Crippen LogP) is 3.11. The van der Waals surface area contributed by atoms with E-state index in [-0.39, 0.29) is 12.3 Å². The summed E-state index contributed by atoms with van der Waals surface area (Å²) in [6.07, 6.45) is 0.838. The van der Waals surface area contributed by atoms with E-state index < -0.39 is 12.0 Å². The molecule has 3 N–H and O–H groups in total. The Kier molecular flexibility index (Phi) is 5.57. The maximum Gasteiger partial charge on any atom is 0.335 e. The van der Waals surface area contributed by atoms with Crippen molar-refractivity contribution in [2.24, 2.45) is 0 Å². The molecule has 2 amide bonds. The Morgan fingerprint density at radius 1 is 1.13 bits per heavy atom. The van der Waals surface area contributed by atoms with Crippen molar-refractivity contribution in [3.8, 4) is 5.75 Å². The average molecular weight is 314 g/mol. The highest BCUT2D eigenvalue weighted by molar-refractivity contribution is 5.93. The third kappa shape index (κ3) is 4.74. The fourth-order valence-corrected chi connectivity index (χ4v) is 2.02. The molecule has 0 aromatic heterocycles. The third-order valence-corrected chi connectivity index (χ3v) is 3.18. The van der Waals surface area contributed by atoms with Crippen molar-refractivity contribution in [3.63, 3.8) is 0 Å². The number of carbonyl (C=O) groups is 2. The van der Waals surface area contributed by atoms with E-state index in [9.17, 15) is 9.59 Å². The van der Waals surface area contributed by atoms with Crippen LogP contribution >= 0.6 is 0 Å². The number of amides is 2. The Morgan fingerprint density at radius 2 is 1.91 bits per heavy atom. The minimum Gasteiger partial charge on any atom is -0.478 e. The molecule has 0 unspecified atom stereocenters. The van der Waals surface area contributed by atoms with Crippen LogP contribution in [0, 0.1) is 0 Å². The molecule has 120 valence electrons. The zero-order chi connectivity index (χ0) is 16.7. The van der Waals surface area contributed by atoms with E-state index in [0.717, 1.165) is 17.7 Å². The van der Waals surface area contributed by atoms with Crippen LogP contribution in [0.2, 0.25) is 0 Å². The van der Waals surface area contributed by atoms with Gasteiger partial charge in [0.05, 0.1) is 5.56 Å². The van der Waals surface area contributed by atoms with Crippen LogP contribution in [-0.2, 0) is 6.42 Å². The molecule has 2 aromatic carbocycles. The van der Waals surface area contributed by atoms with Gasteiger partial charge in [-0.2, -0.15) is 0 Å². The first-order valence-corrected chi connectivity index (χ1v) is 7.19. The first kappa shape index (κ1) is 16.4. The van der Waals surface area contributed by atoms with E-state index in [1.807, 2.05) is 31.2 Å². The van der Waals surface area contributed by atoms with Crippen LogP contribution in [-0.4, -0.2) is 23.8 Å². The first-order valence-electron chi connectivity index (χ1n) is 7.19. The van der Waals surface area contributed by atoms with Crippen molar-refractivity contribution in [2.45, 2.75) is 13.3 Å². The van der Waals surface area contributed by atoms with Crippen LogP contribution in [0.1, 0.15) is 22.8 Å². The van der Waals surface area contributed by atoms with Gasteiger partial charge in [0.2, 0.25) is 0 Å². The van der Waals surface area contributed by atoms with Crippen LogP contribution in [0.5, 0.6) is 5.75 Å². The van der Waals surface area contributed by atoms with Crippen molar-refractivity contribution >= 4 is 17.7 Å². The number of carbonyl (C=O) groups excluding carboxylic acids is 1. The van der Waals surface area contributed by atoms with Gasteiger partial charge in [0, 0.05) is 5.69 Å². The smallest absolute Gasteiger partial charge is 0.335 e. The quantitative estimate of drug-likeness (QED) is 0.715. The number of aryl methyl sites for hydroxylation is 1. The molecule has 0 fully saturated rings. The molecule has 0 aliphatic rings. The molecule has 0 heterocycles. The normalized spacial score (nSPS) is 9.96. The molecular weight excluding hydrogens is 296 g/mol.